The quantitative estimate of drug-likeness (QED) is 0.243. The van der Waals surface area contributed by atoms with Crippen molar-refractivity contribution in [3.05, 3.63) is 169 Å². The molecule has 0 saturated heterocycles. The lowest BCUT2D eigenvalue weighted by Gasteiger charge is -2.57. The van der Waals surface area contributed by atoms with E-state index in [1.165, 1.54) is 76.4 Å². The predicted molar refractivity (Wildman–Crippen MR) is 275 cm³/mol. The molecule has 0 spiro atoms. The van der Waals surface area contributed by atoms with Gasteiger partial charge < -0.3 is 9.80 Å². The maximum atomic E-state index is 15.3. The molecule has 2 nitrogen and oxygen atoms in total. The molecule has 1 fully saturated rings. The van der Waals surface area contributed by atoms with Gasteiger partial charge in [0.1, 0.15) is 12.3 Å². The largest absolute Gasteiger partial charge is 0.342 e. The number of rotatable bonds is 6. The maximum absolute atomic E-state index is 15.3. The smallest absolute Gasteiger partial charge is 0.122 e. The van der Waals surface area contributed by atoms with E-state index >= 15 is 8.78 Å². The van der Waals surface area contributed by atoms with E-state index in [2.05, 4.69) is 143 Å². The van der Waals surface area contributed by atoms with Gasteiger partial charge in [0.25, 0.3) is 0 Å². The van der Waals surface area contributed by atoms with Crippen LogP contribution in [0.25, 0.3) is 0 Å². The fourth-order valence-corrected chi connectivity index (χ4v) is 17.6. The first-order valence-corrected chi connectivity index (χ1v) is 27.2. The molecule has 0 aliphatic heterocycles. The molecule has 0 radical (unpaired) electrons. The van der Waals surface area contributed by atoms with Crippen LogP contribution in [0, 0.1) is 36.0 Å². The first-order chi connectivity index (χ1) is 32.7. The summed E-state index contributed by atoms with van der Waals surface area (Å²) in [6, 6.07) is 21.6. The van der Waals surface area contributed by atoms with E-state index < -0.39 is 12.3 Å². The lowest BCUT2D eigenvalue weighted by molar-refractivity contribution is 0.0942. The van der Waals surface area contributed by atoms with Gasteiger partial charge in [-0.15, -0.1) is 0 Å². The molecule has 3 aromatic rings. The number of anilines is 1. The SMILES string of the molecule is Cc1cc(N(C2=CCC(F)CC2)C2=CCCC3c4ccccc4C(C)(C)C23)c2c3c1CCC1C(N(C4=CCC(F)C=C4)C4CCCC5c6ccccc6C(C)(C)C54)=CC4=C(C31)C(C2)C(C)(C)CC4. The molecule has 10 unspecified atom stereocenters. The number of fused-ring (bicyclic) bond motifs is 6. The van der Waals surface area contributed by atoms with Crippen LogP contribution in [0.5, 0.6) is 0 Å². The van der Waals surface area contributed by atoms with Gasteiger partial charge in [-0.1, -0.05) is 120 Å². The lowest BCUT2D eigenvalue weighted by Crippen LogP contribution is -2.51. The van der Waals surface area contributed by atoms with Gasteiger partial charge in [0.05, 0.1) is 0 Å². The van der Waals surface area contributed by atoms with Gasteiger partial charge in [-0.25, -0.2) is 8.78 Å². The zero-order chi connectivity index (χ0) is 46.6. The summed E-state index contributed by atoms with van der Waals surface area (Å²) >= 11 is 0. The second-order valence-corrected chi connectivity index (χ2v) is 25.1. The van der Waals surface area contributed by atoms with Crippen molar-refractivity contribution >= 4 is 5.69 Å². The zero-order valence-corrected chi connectivity index (χ0v) is 42.0. The van der Waals surface area contributed by atoms with Crippen LogP contribution in [0.2, 0.25) is 0 Å². The summed E-state index contributed by atoms with van der Waals surface area (Å²) in [5, 5.41) is 0. The number of aryl methyl sites for hydroxylation is 1. The summed E-state index contributed by atoms with van der Waals surface area (Å²) in [4.78, 5) is 5.64. The van der Waals surface area contributed by atoms with Gasteiger partial charge >= 0.3 is 0 Å². The third-order valence-corrected chi connectivity index (χ3v) is 20.5. The molecule has 3 aromatic carbocycles. The molecule has 13 rings (SSSR count). The molecule has 0 aromatic heterocycles. The van der Waals surface area contributed by atoms with Gasteiger partial charge in [-0.3, -0.25) is 0 Å². The average Bonchev–Trinajstić information content (AvgIpc) is 3.72. The van der Waals surface area contributed by atoms with E-state index in [1.54, 1.807) is 33.4 Å². The van der Waals surface area contributed by atoms with Crippen molar-refractivity contribution in [3.63, 3.8) is 0 Å². The molecule has 0 amide bonds. The summed E-state index contributed by atoms with van der Waals surface area (Å²) in [7, 11) is 0. The highest BCUT2D eigenvalue weighted by Gasteiger charge is 2.57. The van der Waals surface area contributed by atoms with Crippen molar-refractivity contribution in [1.82, 2.24) is 4.90 Å². The van der Waals surface area contributed by atoms with Crippen molar-refractivity contribution < 1.29 is 8.78 Å². The summed E-state index contributed by atoms with van der Waals surface area (Å²) < 4.78 is 30.5. The lowest BCUT2D eigenvalue weighted by atomic mass is 9.51. The number of benzene rings is 3. The molecule has 0 bridgehead atoms. The maximum Gasteiger partial charge on any atom is 0.122 e. The fraction of sp³-hybridized carbons (Fsp3) is 0.531. The first-order valence-electron chi connectivity index (χ1n) is 27.2. The zero-order valence-electron chi connectivity index (χ0n) is 42.0. The molecule has 354 valence electrons. The van der Waals surface area contributed by atoms with Crippen LogP contribution < -0.4 is 4.90 Å². The monoisotopic (exact) mass is 909 g/mol. The summed E-state index contributed by atoms with van der Waals surface area (Å²) in [5.41, 5.74) is 22.8. The molecule has 10 atom stereocenters. The van der Waals surface area contributed by atoms with E-state index in [1.807, 2.05) is 6.08 Å². The number of halogens is 2. The highest BCUT2D eigenvalue weighted by molar-refractivity contribution is 5.73. The molecule has 10 aliphatic rings. The topological polar surface area (TPSA) is 6.48 Å². The Morgan fingerprint density at radius 3 is 2.22 bits per heavy atom. The molecular weight excluding hydrogens is 835 g/mol. The minimum atomic E-state index is -0.928. The van der Waals surface area contributed by atoms with Crippen molar-refractivity contribution in [2.24, 2.45) is 29.1 Å². The number of alkyl halides is 2. The number of hydrogen-bond acceptors (Lipinski definition) is 2. The van der Waals surface area contributed by atoms with Crippen molar-refractivity contribution in [3.8, 4) is 0 Å². The molecule has 1 saturated carbocycles. The standard InChI is InChI=1S/C64H74F2N2/c1-37-34-55(67(41-26-22-39(65)23-27-41)53-20-12-16-46-44-14-8-10-18-50(44)63(4,5)60(46)53)49-36-52-57-38(32-33-62(52,2)3)35-56(48-31-30-43(37)58(49)59(48)57)68(42-28-24-40(66)25-29-42)54-21-13-17-47-45-15-9-11-19-51(45)64(6,7)61(47)54/h8-11,14-15,18-20,24,26,28-29,34-35,39-40,46-48,52,54,59-61H,12-13,16-17,21-23,25,27,30-33,36H2,1-7H3. The van der Waals surface area contributed by atoms with Gasteiger partial charge in [0.2, 0.25) is 0 Å². The third-order valence-electron chi connectivity index (χ3n) is 20.5. The Morgan fingerprint density at radius 2 is 1.47 bits per heavy atom. The fourth-order valence-electron chi connectivity index (χ4n) is 17.6. The number of nitrogens with zero attached hydrogens (tertiary/aromatic N) is 2. The highest BCUT2D eigenvalue weighted by Crippen LogP contribution is 2.66. The van der Waals surface area contributed by atoms with Crippen LogP contribution in [-0.4, -0.2) is 23.3 Å². The van der Waals surface area contributed by atoms with Gasteiger partial charge in [-0.05, 0) is 198 Å². The van der Waals surface area contributed by atoms with Crippen LogP contribution in [0.15, 0.2) is 125 Å². The molecule has 10 aliphatic carbocycles. The molecule has 68 heavy (non-hydrogen) atoms. The average molecular weight is 909 g/mol. The Kier molecular flexibility index (Phi) is 9.95. The van der Waals surface area contributed by atoms with Crippen LogP contribution >= 0.6 is 0 Å². The summed E-state index contributed by atoms with van der Waals surface area (Å²) in [5.74, 6) is 2.91. The Hall–Kier alpha value is -4.44. The normalized spacial score (nSPS) is 34.0. The molecule has 0 N–H and O–H groups in total. The van der Waals surface area contributed by atoms with Crippen LogP contribution in [0.4, 0.5) is 14.5 Å². The Labute approximate surface area is 406 Å². The minimum absolute atomic E-state index is 0.0243. The second-order valence-electron chi connectivity index (χ2n) is 25.1. The van der Waals surface area contributed by atoms with Gasteiger partial charge in [0, 0.05) is 58.7 Å². The van der Waals surface area contributed by atoms with Crippen LogP contribution in [0.1, 0.15) is 181 Å². The predicted octanol–water partition coefficient (Wildman–Crippen LogP) is 16.1. The summed E-state index contributed by atoms with van der Waals surface area (Å²) in [6.45, 7) is 17.6. The van der Waals surface area contributed by atoms with Crippen molar-refractivity contribution in [2.45, 2.75) is 185 Å². The number of allylic oxidation sites excluding steroid dienone is 11. The van der Waals surface area contributed by atoms with E-state index in [0.29, 0.717) is 66.7 Å². The van der Waals surface area contributed by atoms with Crippen LogP contribution in [-0.2, 0) is 23.7 Å². The molecule has 0 heterocycles. The Bertz CT molecular complexity index is 2810. The van der Waals surface area contributed by atoms with E-state index in [-0.39, 0.29) is 16.2 Å². The van der Waals surface area contributed by atoms with E-state index in [9.17, 15) is 0 Å². The van der Waals surface area contributed by atoms with Crippen molar-refractivity contribution in [2.75, 3.05) is 4.90 Å². The van der Waals surface area contributed by atoms with Crippen molar-refractivity contribution in [1.29, 1.82) is 0 Å². The first kappa shape index (κ1) is 43.6. The highest BCUT2D eigenvalue weighted by atomic mass is 19.1. The van der Waals surface area contributed by atoms with Gasteiger partial charge in [0.15, 0.2) is 0 Å². The Balaban J connectivity index is 1.00. The van der Waals surface area contributed by atoms with Gasteiger partial charge in [-0.2, -0.15) is 0 Å². The second kappa shape index (κ2) is 15.5. The number of hydrogen-bond donors (Lipinski definition) is 0. The van der Waals surface area contributed by atoms with Crippen LogP contribution in [0.3, 0.4) is 0 Å². The van der Waals surface area contributed by atoms with E-state index in [0.717, 1.165) is 44.9 Å². The van der Waals surface area contributed by atoms with E-state index in [4.69, 9.17) is 0 Å². The summed E-state index contributed by atoms with van der Waals surface area (Å²) in [6.07, 6.45) is 25.9. The minimum Gasteiger partial charge on any atom is -0.342 e. The molecule has 4 heteroatoms. The Morgan fingerprint density at radius 1 is 0.706 bits per heavy atom. The molecular formula is C64H74F2N2. The third kappa shape index (κ3) is 6.22.